The fourth-order valence-electron chi connectivity index (χ4n) is 3.07. The fraction of sp³-hybridized carbons (Fsp3) is 0.150. The van der Waals surface area contributed by atoms with Crippen molar-refractivity contribution in [3.05, 3.63) is 72.6 Å². The number of hydrogen-bond donors (Lipinski definition) is 0. The average molecular weight is 302 g/mol. The molecular formula is C20H18N2O. The Labute approximate surface area is 135 Å². The molecule has 0 unspecified atom stereocenters. The Hall–Kier alpha value is -2.81. The van der Waals surface area contributed by atoms with E-state index in [1.165, 1.54) is 16.3 Å². The SMILES string of the molecule is COc1cccc2ncn(CCc3ccc4ccccc4c3)c12. The van der Waals surface area contributed by atoms with E-state index < -0.39 is 0 Å². The molecule has 0 saturated carbocycles. The maximum Gasteiger partial charge on any atom is 0.144 e. The summed E-state index contributed by atoms with van der Waals surface area (Å²) in [6.45, 7) is 0.884. The van der Waals surface area contributed by atoms with E-state index in [1.54, 1.807) is 7.11 Å². The van der Waals surface area contributed by atoms with Crippen LogP contribution in [0, 0.1) is 0 Å². The van der Waals surface area contributed by atoms with Crippen molar-refractivity contribution in [2.45, 2.75) is 13.0 Å². The third-order valence-corrected chi connectivity index (χ3v) is 4.28. The molecule has 3 nitrogen and oxygen atoms in total. The molecule has 0 N–H and O–H groups in total. The molecule has 0 bridgehead atoms. The van der Waals surface area contributed by atoms with Gasteiger partial charge in [-0.05, 0) is 34.9 Å². The number of hydrogen-bond acceptors (Lipinski definition) is 2. The maximum atomic E-state index is 5.48. The fourth-order valence-corrected chi connectivity index (χ4v) is 3.07. The van der Waals surface area contributed by atoms with E-state index in [0.29, 0.717) is 0 Å². The summed E-state index contributed by atoms with van der Waals surface area (Å²) in [6, 6.07) is 21.1. The standard InChI is InChI=1S/C20H18N2O/c1-23-19-8-4-7-18-20(19)22(14-21-18)12-11-15-9-10-16-5-2-3-6-17(16)13-15/h2-10,13-14H,11-12H2,1H3. The normalized spacial score (nSPS) is 11.2. The maximum absolute atomic E-state index is 5.48. The van der Waals surface area contributed by atoms with E-state index in [2.05, 4.69) is 52.0 Å². The minimum absolute atomic E-state index is 0.874. The molecule has 0 atom stereocenters. The van der Waals surface area contributed by atoms with Gasteiger partial charge in [-0.1, -0.05) is 48.5 Å². The molecular weight excluding hydrogens is 284 g/mol. The Morgan fingerprint density at radius 3 is 2.70 bits per heavy atom. The summed E-state index contributed by atoms with van der Waals surface area (Å²) in [7, 11) is 1.70. The zero-order chi connectivity index (χ0) is 15.6. The number of para-hydroxylation sites is 1. The van der Waals surface area contributed by atoms with Gasteiger partial charge < -0.3 is 9.30 Å². The Morgan fingerprint density at radius 2 is 1.83 bits per heavy atom. The molecule has 0 fully saturated rings. The number of aromatic nitrogens is 2. The number of fused-ring (bicyclic) bond motifs is 2. The van der Waals surface area contributed by atoms with Crippen molar-refractivity contribution in [2.24, 2.45) is 0 Å². The summed E-state index contributed by atoms with van der Waals surface area (Å²) in [5, 5.41) is 2.57. The molecule has 0 spiro atoms. The molecule has 23 heavy (non-hydrogen) atoms. The highest BCUT2D eigenvalue weighted by atomic mass is 16.5. The minimum Gasteiger partial charge on any atom is -0.494 e. The highest BCUT2D eigenvalue weighted by Crippen LogP contribution is 2.25. The van der Waals surface area contributed by atoms with E-state index in [-0.39, 0.29) is 0 Å². The Kier molecular flexibility index (Phi) is 3.46. The van der Waals surface area contributed by atoms with Gasteiger partial charge in [0.15, 0.2) is 0 Å². The van der Waals surface area contributed by atoms with Crippen molar-refractivity contribution in [3.63, 3.8) is 0 Å². The van der Waals surface area contributed by atoms with Crippen LogP contribution in [0.4, 0.5) is 0 Å². The number of nitrogens with zero attached hydrogens (tertiary/aromatic N) is 2. The Balaban J connectivity index is 1.63. The molecule has 3 aromatic carbocycles. The third kappa shape index (κ3) is 2.55. The number of ether oxygens (including phenoxy) is 1. The second kappa shape index (κ2) is 5.76. The highest BCUT2D eigenvalue weighted by molar-refractivity contribution is 5.83. The van der Waals surface area contributed by atoms with E-state index in [1.807, 2.05) is 24.5 Å². The van der Waals surface area contributed by atoms with Crippen LogP contribution < -0.4 is 4.74 Å². The predicted octanol–water partition coefficient (Wildman–Crippen LogP) is 4.44. The van der Waals surface area contributed by atoms with Crippen LogP contribution in [0.1, 0.15) is 5.56 Å². The first-order valence-electron chi connectivity index (χ1n) is 7.81. The van der Waals surface area contributed by atoms with Gasteiger partial charge in [-0.25, -0.2) is 4.98 Å². The highest BCUT2D eigenvalue weighted by Gasteiger charge is 2.08. The summed E-state index contributed by atoms with van der Waals surface area (Å²) in [5.74, 6) is 0.874. The molecule has 0 amide bonds. The predicted molar refractivity (Wildman–Crippen MR) is 93.9 cm³/mol. The molecule has 1 heterocycles. The van der Waals surface area contributed by atoms with E-state index in [9.17, 15) is 0 Å². The zero-order valence-electron chi connectivity index (χ0n) is 13.1. The van der Waals surface area contributed by atoms with Crippen LogP contribution in [0.15, 0.2) is 67.0 Å². The van der Waals surface area contributed by atoms with Gasteiger partial charge in [0.1, 0.15) is 11.3 Å². The van der Waals surface area contributed by atoms with Crippen LogP contribution in [-0.4, -0.2) is 16.7 Å². The van der Waals surface area contributed by atoms with Crippen molar-refractivity contribution < 1.29 is 4.74 Å². The second-order valence-electron chi connectivity index (χ2n) is 5.70. The summed E-state index contributed by atoms with van der Waals surface area (Å²) in [5.41, 5.74) is 3.37. The van der Waals surface area contributed by atoms with Crippen LogP contribution >= 0.6 is 0 Å². The van der Waals surface area contributed by atoms with Gasteiger partial charge in [0.05, 0.1) is 19.0 Å². The minimum atomic E-state index is 0.874. The molecule has 0 aliphatic heterocycles. The van der Waals surface area contributed by atoms with Crippen LogP contribution in [0.5, 0.6) is 5.75 Å². The molecule has 0 saturated heterocycles. The van der Waals surface area contributed by atoms with Gasteiger partial charge in [-0.2, -0.15) is 0 Å². The first kappa shape index (κ1) is 13.8. The summed E-state index contributed by atoms with van der Waals surface area (Å²) < 4.78 is 7.65. The lowest BCUT2D eigenvalue weighted by Gasteiger charge is -2.08. The molecule has 114 valence electrons. The lowest BCUT2D eigenvalue weighted by molar-refractivity contribution is 0.417. The second-order valence-corrected chi connectivity index (χ2v) is 5.70. The van der Waals surface area contributed by atoms with Crippen molar-refractivity contribution in [1.82, 2.24) is 9.55 Å². The van der Waals surface area contributed by atoms with Gasteiger partial charge in [0.2, 0.25) is 0 Å². The lowest BCUT2D eigenvalue weighted by atomic mass is 10.1. The van der Waals surface area contributed by atoms with E-state index >= 15 is 0 Å². The number of aryl methyl sites for hydroxylation is 2. The molecule has 4 rings (SSSR count). The third-order valence-electron chi connectivity index (χ3n) is 4.28. The van der Waals surface area contributed by atoms with Crippen LogP contribution in [0.3, 0.4) is 0 Å². The lowest BCUT2D eigenvalue weighted by Crippen LogP contribution is -2.01. The number of methoxy groups -OCH3 is 1. The van der Waals surface area contributed by atoms with Crippen LogP contribution in [-0.2, 0) is 13.0 Å². The molecule has 1 aromatic heterocycles. The van der Waals surface area contributed by atoms with Gasteiger partial charge in [-0.3, -0.25) is 0 Å². The monoisotopic (exact) mass is 302 g/mol. The molecule has 3 heteroatoms. The largest absolute Gasteiger partial charge is 0.494 e. The van der Waals surface area contributed by atoms with Crippen molar-refractivity contribution in [1.29, 1.82) is 0 Å². The number of benzene rings is 3. The van der Waals surface area contributed by atoms with Gasteiger partial charge in [-0.15, -0.1) is 0 Å². The summed E-state index contributed by atoms with van der Waals surface area (Å²) in [6.07, 6.45) is 2.86. The number of imidazole rings is 1. The van der Waals surface area contributed by atoms with Gasteiger partial charge in [0.25, 0.3) is 0 Å². The van der Waals surface area contributed by atoms with Crippen molar-refractivity contribution in [2.75, 3.05) is 7.11 Å². The van der Waals surface area contributed by atoms with Crippen LogP contribution in [0.25, 0.3) is 21.8 Å². The smallest absolute Gasteiger partial charge is 0.144 e. The first-order valence-corrected chi connectivity index (χ1v) is 7.81. The summed E-state index contributed by atoms with van der Waals surface area (Å²) in [4.78, 5) is 4.47. The van der Waals surface area contributed by atoms with Gasteiger partial charge in [0, 0.05) is 6.54 Å². The van der Waals surface area contributed by atoms with E-state index in [4.69, 9.17) is 4.74 Å². The van der Waals surface area contributed by atoms with E-state index in [0.717, 1.165) is 29.7 Å². The molecule has 0 aliphatic carbocycles. The Morgan fingerprint density at radius 1 is 0.957 bits per heavy atom. The first-order chi connectivity index (χ1) is 11.3. The van der Waals surface area contributed by atoms with Crippen LogP contribution in [0.2, 0.25) is 0 Å². The van der Waals surface area contributed by atoms with Crippen molar-refractivity contribution >= 4 is 21.8 Å². The quantitative estimate of drug-likeness (QED) is 0.557. The average Bonchev–Trinajstić information content (AvgIpc) is 3.03. The summed E-state index contributed by atoms with van der Waals surface area (Å²) >= 11 is 0. The molecule has 0 radical (unpaired) electrons. The Bertz CT molecular complexity index is 972. The zero-order valence-corrected chi connectivity index (χ0v) is 13.1. The van der Waals surface area contributed by atoms with Crippen molar-refractivity contribution in [3.8, 4) is 5.75 Å². The molecule has 0 aliphatic rings. The number of rotatable bonds is 4. The van der Waals surface area contributed by atoms with Gasteiger partial charge >= 0.3 is 0 Å². The topological polar surface area (TPSA) is 27.1 Å². The molecule has 4 aromatic rings.